The second-order valence-corrected chi connectivity index (χ2v) is 5.66. The number of benzene rings is 1. The van der Waals surface area contributed by atoms with Gasteiger partial charge in [-0.2, -0.15) is 0 Å². The maximum absolute atomic E-state index is 5.65. The Kier molecular flexibility index (Phi) is 6.37. The van der Waals surface area contributed by atoms with Crippen molar-refractivity contribution in [3.63, 3.8) is 0 Å². The Morgan fingerprint density at radius 1 is 1.11 bits per heavy atom. The number of nitrogens with one attached hydrogen (secondary N) is 1. The Balaban J connectivity index is 2.75. The van der Waals surface area contributed by atoms with Gasteiger partial charge in [-0.1, -0.05) is 45.0 Å². The van der Waals surface area contributed by atoms with Gasteiger partial charge >= 0.3 is 0 Å². The summed E-state index contributed by atoms with van der Waals surface area (Å²) in [6, 6.07) is 9.43. The molecule has 0 amide bonds. The molecule has 2 unspecified atom stereocenters. The fraction of sp³-hybridized carbons (Fsp3) is 0.625. The molecule has 2 heteroatoms. The average Bonchev–Trinajstić information content (AvgIpc) is 2.32. The quantitative estimate of drug-likeness (QED) is 0.778. The minimum absolute atomic E-state index is 0.404. The number of nitrogens with two attached hydrogens (primary N) is 1. The van der Waals surface area contributed by atoms with Gasteiger partial charge in [0.25, 0.3) is 0 Å². The van der Waals surface area contributed by atoms with Gasteiger partial charge in [0.2, 0.25) is 0 Å². The van der Waals surface area contributed by atoms with E-state index in [1.54, 1.807) is 0 Å². The fourth-order valence-electron chi connectivity index (χ4n) is 2.54. The van der Waals surface area contributed by atoms with E-state index < -0.39 is 0 Å². The van der Waals surface area contributed by atoms with E-state index in [4.69, 9.17) is 5.73 Å². The van der Waals surface area contributed by atoms with Crippen LogP contribution in [0.5, 0.6) is 0 Å². The predicted octanol–water partition coefficient (Wildman–Crippen LogP) is 3.13. The van der Waals surface area contributed by atoms with Gasteiger partial charge in [0.1, 0.15) is 0 Å². The zero-order valence-electron chi connectivity index (χ0n) is 12.2. The lowest BCUT2D eigenvalue weighted by molar-refractivity contribution is 0.391. The molecule has 1 aromatic rings. The van der Waals surface area contributed by atoms with Crippen LogP contribution in [0.1, 0.15) is 44.4 Å². The summed E-state index contributed by atoms with van der Waals surface area (Å²) in [4.78, 5) is 0. The molecule has 0 aliphatic carbocycles. The maximum atomic E-state index is 5.65. The molecule has 3 N–H and O–H groups in total. The lowest BCUT2D eigenvalue weighted by Gasteiger charge is -2.24. The van der Waals surface area contributed by atoms with E-state index in [9.17, 15) is 0 Å². The van der Waals surface area contributed by atoms with Crippen LogP contribution in [0.15, 0.2) is 24.3 Å². The third kappa shape index (κ3) is 4.43. The summed E-state index contributed by atoms with van der Waals surface area (Å²) >= 11 is 0. The predicted molar refractivity (Wildman–Crippen MR) is 79.6 cm³/mol. The summed E-state index contributed by atoms with van der Waals surface area (Å²) in [5.74, 6) is 1.28. The van der Waals surface area contributed by atoms with Crippen LogP contribution in [-0.2, 0) is 6.42 Å². The first kappa shape index (κ1) is 15.2. The van der Waals surface area contributed by atoms with Crippen LogP contribution >= 0.6 is 0 Å². The van der Waals surface area contributed by atoms with Gasteiger partial charge in [0.05, 0.1) is 0 Å². The van der Waals surface area contributed by atoms with Gasteiger partial charge in [-0.25, -0.2) is 0 Å². The van der Waals surface area contributed by atoms with E-state index in [0.717, 1.165) is 19.4 Å². The molecule has 0 spiro atoms. The van der Waals surface area contributed by atoms with E-state index in [2.05, 4.69) is 50.4 Å². The van der Waals surface area contributed by atoms with Crippen LogP contribution in [0.25, 0.3) is 0 Å². The highest BCUT2D eigenvalue weighted by molar-refractivity contribution is 5.25. The summed E-state index contributed by atoms with van der Waals surface area (Å²) in [5.41, 5.74) is 8.44. The highest BCUT2D eigenvalue weighted by Gasteiger charge is 2.16. The van der Waals surface area contributed by atoms with Gasteiger partial charge in [-0.05, 0) is 49.4 Å². The number of hydrogen-bond acceptors (Lipinski definition) is 2. The van der Waals surface area contributed by atoms with E-state index >= 15 is 0 Å². The first-order chi connectivity index (χ1) is 8.58. The zero-order chi connectivity index (χ0) is 13.5. The van der Waals surface area contributed by atoms with Crippen LogP contribution in [0.3, 0.4) is 0 Å². The van der Waals surface area contributed by atoms with E-state index in [0.29, 0.717) is 17.9 Å². The number of rotatable bonds is 7. The van der Waals surface area contributed by atoms with Crippen molar-refractivity contribution >= 4 is 0 Å². The summed E-state index contributed by atoms with van der Waals surface area (Å²) < 4.78 is 0. The molecular weight excluding hydrogens is 220 g/mol. The first-order valence-corrected chi connectivity index (χ1v) is 7.04. The Hall–Kier alpha value is -0.860. The monoisotopic (exact) mass is 248 g/mol. The van der Waals surface area contributed by atoms with Gasteiger partial charge in [-0.3, -0.25) is 0 Å². The van der Waals surface area contributed by atoms with Gasteiger partial charge in [0, 0.05) is 6.04 Å². The third-order valence-corrected chi connectivity index (χ3v) is 3.48. The molecule has 0 saturated carbocycles. The SMILES string of the molecule is CNC(c1ccc(CC(C)C)cc1)C(C)CCN. The van der Waals surface area contributed by atoms with Crippen molar-refractivity contribution in [2.45, 2.75) is 39.7 Å². The Bertz CT molecular complexity index is 329. The highest BCUT2D eigenvalue weighted by Crippen LogP contribution is 2.24. The number of hydrogen-bond donors (Lipinski definition) is 2. The molecular formula is C16H28N2. The van der Waals surface area contributed by atoms with E-state index in [-0.39, 0.29) is 0 Å². The molecule has 0 aromatic heterocycles. The van der Waals surface area contributed by atoms with Crippen molar-refractivity contribution in [2.24, 2.45) is 17.6 Å². The third-order valence-electron chi connectivity index (χ3n) is 3.48. The summed E-state index contributed by atoms with van der Waals surface area (Å²) in [6.07, 6.45) is 2.21. The van der Waals surface area contributed by atoms with Gasteiger partial charge in [0.15, 0.2) is 0 Å². The molecule has 18 heavy (non-hydrogen) atoms. The molecule has 2 atom stereocenters. The molecule has 0 aliphatic heterocycles. The maximum Gasteiger partial charge on any atom is 0.0343 e. The largest absolute Gasteiger partial charge is 0.330 e. The van der Waals surface area contributed by atoms with Crippen LogP contribution in [0.2, 0.25) is 0 Å². The van der Waals surface area contributed by atoms with E-state index in [1.165, 1.54) is 11.1 Å². The van der Waals surface area contributed by atoms with Crippen LogP contribution in [0.4, 0.5) is 0 Å². The molecule has 0 radical (unpaired) electrons. The first-order valence-electron chi connectivity index (χ1n) is 7.04. The minimum atomic E-state index is 0.404. The Morgan fingerprint density at radius 3 is 2.17 bits per heavy atom. The Labute approximate surface area is 112 Å². The molecule has 2 nitrogen and oxygen atoms in total. The minimum Gasteiger partial charge on any atom is -0.330 e. The summed E-state index contributed by atoms with van der Waals surface area (Å²) in [6.45, 7) is 7.53. The van der Waals surface area contributed by atoms with Gasteiger partial charge < -0.3 is 11.1 Å². The summed E-state index contributed by atoms with van der Waals surface area (Å²) in [5, 5.41) is 3.41. The van der Waals surface area contributed by atoms with Crippen LogP contribution in [-0.4, -0.2) is 13.6 Å². The second-order valence-electron chi connectivity index (χ2n) is 5.66. The van der Waals surface area contributed by atoms with Crippen molar-refractivity contribution < 1.29 is 0 Å². The fourth-order valence-corrected chi connectivity index (χ4v) is 2.54. The van der Waals surface area contributed by atoms with Crippen LogP contribution in [0, 0.1) is 11.8 Å². The van der Waals surface area contributed by atoms with Gasteiger partial charge in [-0.15, -0.1) is 0 Å². The van der Waals surface area contributed by atoms with Crippen molar-refractivity contribution in [3.05, 3.63) is 35.4 Å². The molecule has 1 rings (SSSR count). The van der Waals surface area contributed by atoms with Crippen LogP contribution < -0.4 is 11.1 Å². The van der Waals surface area contributed by atoms with Crippen molar-refractivity contribution in [3.8, 4) is 0 Å². The zero-order valence-corrected chi connectivity index (χ0v) is 12.2. The molecule has 0 heterocycles. The van der Waals surface area contributed by atoms with Crippen molar-refractivity contribution in [1.29, 1.82) is 0 Å². The lowest BCUT2D eigenvalue weighted by atomic mass is 9.91. The van der Waals surface area contributed by atoms with Crippen molar-refractivity contribution in [2.75, 3.05) is 13.6 Å². The molecule has 0 aliphatic rings. The normalized spacial score (nSPS) is 14.8. The second kappa shape index (κ2) is 7.55. The smallest absolute Gasteiger partial charge is 0.0343 e. The molecule has 0 bridgehead atoms. The summed E-state index contributed by atoms with van der Waals surface area (Å²) in [7, 11) is 2.03. The lowest BCUT2D eigenvalue weighted by Crippen LogP contribution is -2.25. The standard InChI is InChI=1S/C16H28N2/c1-12(2)11-14-5-7-15(8-6-14)16(18-4)13(3)9-10-17/h5-8,12-13,16,18H,9-11,17H2,1-4H3. The molecule has 0 saturated heterocycles. The van der Waals surface area contributed by atoms with E-state index in [1.807, 2.05) is 7.05 Å². The molecule has 102 valence electrons. The highest BCUT2D eigenvalue weighted by atomic mass is 14.9. The molecule has 1 aromatic carbocycles. The molecule has 0 fully saturated rings. The topological polar surface area (TPSA) is 38.0 Å². The Morgan fingerprint density at radius 2 is 1.72 bits per heavy atom. The average molecular weight is 248 g/mol. The van der Waals surface area contributed by atoms with Crippen molar-refractivity contribution in [1.82, 2.24) is 5.32 Å².